The minimum Gasteiger partial charge on any atom is -0.744 e. The number of rotatable bonds is 10. The predicted octanol–water partition coefficient (Wildman–Crippen LogP) is 1.87. The number of halogens is 1. The van der Waals surface area contributed by atoms with E-state index < -0.39 is 32.7 Å². The fraction of sp³-hybridized carbons (Fsp3) is 0.222. The first-order chi connectivity index (χ1) is 18.5. The second-order valence-corrected chi connectivity index (χ2v) is 10.5. The van der Waals surface area contributed by atoms with Crippen LogP contribution >= 0.6 is 11.6 Å². The van der Waals surface area contributed by atoms with Gasteiger partial charge in [-0.15, -0.1) is 11.6 Å². The summed E-state index contributed by atoms with van der Waals surface area (Å²) in [5.74, 6) is -1.52. The molecule has 0 saturated heterocycles. The maximum absolute atomic E-state index is 12.7. The Kier molecular flexibility index (Phi) is 8.36. The van der Waals surface area contributed by atoms with Gasteiger partial charge in [-0.1, -0.05) is 12.1 Å². The van der Waals surface area contributed by atoms with Crippen LogP contribution in [0.25, 0.3) is 33.4 Å². The highest BCUT2D eigenvalue weighted by Crippen LogP contribution is 2.43. The SMILES string of the molecule is NCCCCC([NH+]=C(O)c1cccc(-c2c3ccc(=O)cc-3oc3cc(O)ccc23)c1S(=O)(=O)[O-])C(=O)CCl. The normalized spacial score (nSPS) is 13.2. The molecule has 0 bridgehead atoms. The Morgan fingerprint density at radius 1 is 1.10 bits per heavy atom. The molecule has 1 heterocycles. The average molecular weight is 573 g/mol. The number of alkyl halides is 1. The van der Waals surface area contributed by atoms with E-state index in [2.05, 4.69) is 4.99 Å². The van der Waals surface area contributed by atoms with Crippen LogP contribution in [0.2, 0.25) is 0 Å². The lowest BCUT2D eigenvalue weighted by atomic mass is 9.92. The molecule has 1 aliphatic heterocycles. The minimum absolute atomic E-state index is 0.0747. The number of Topliss-reactive ketones (excluding diaryl/α,β-unsaturated/α-hetero) is 1. The maximum atomic E-state index is 12.7. The fourth-order valence-corrected chi connectivity index (χ4v) is 5.54. The van der Waals surface area contributed by atoms with E-state index in [-0.39, 0.29) is 51.5 Å². The minimum atomic E-state index is -5.23. The van der Waals surface area contributed by atoms with Crippen LogP contribution in [-0.2, 0) is 14.9 Å². The first-order valence-electron chi connectivity index (χ1n) is 12.0. The zero-order valence-corrected chi connectivity index (χ0v) is 22.1. The van der Waals surface area contributed by atoms with Gasteiger partial charge in [0.25, 0.3) is 0 Å². The van der Waals surface area contributed by atoms with Crippen molar-refractivity contribution in [2.75, 3.05) is 12.4 Å². The molecule has 0 aromatic heterocycles. The van der Waals surface area contributed by atoms with Crippen molar-refractivity contribution >= 4 is 44.4 Å². The van der Waals surface area contributed by atoms with Crippen molar-refractivity contribution in [3.05, 3.63) is 70.4 Å². The van der Waals surface area contributed by atoms with Crippen molar-refractivity contribution in [2.24, 2.45) is 5.73 Å². The molecule has 1 aliphatic carbocycles. The third-order valence-corrected chi connectivity index (χ3v) is 7.45. The number of phenolic OH excluding ortho intramolecular Hbond substituents is 1. The second kappa shape index (κ2) is 11.5. The summed E-state index contributed by atoms with van der Waals surface area (Å²) in [5.41, 5.74) is 5.40. The summed E-state index contributed by atoms with van der Waals surface area (Å²) in [6.45, 7) is 0.398. The molecule has 0 amide bonds. The van der Waals surface area contributed by atoms with Crippen LogP contribution in [0, 0.1) is 0 Å². The largest absolute Gasteiger partial charge is 0.744 e. The Hall–Kier alpha value is -3.77. The lowest BCUT2D eigenvalue weighted by molar-refractivity contribution is -0.495. The first kappa shape index (κ1) is 28.2. The maximum Gasteiger partial charge on any atom is 0.367 e. The summed E-state index contributed by atoms with van der Waals surface area (Å²) < 4.78 is 43.9. The Morgan fingerprint density at radius 2 is 1.87 bits per heavy atom. The molecule has 4 rings (SSSR count). The molecule has 2 aliphatic rings. The fourth-order valence-electron chi connectivity index (χ4n) is 4.48. The predicted molar refractivity (Wildman–Crippen MR) is 144 cm³/mol. The van der Waals surface area contributed by atoms with E-state index in [1.165, 1.54) is 54.6 Å². The zero-order valence-electron chi connectivity index (χ0n) is 20.5. The van der Waals surface area contributed by atoms with Gasteiger partial charge in [0, 0.05) is 40.6 Å². The van der Waals surface area contributed by atoms with Gasteiger partial charge in [-0.05, 0) is 49.7 Å². The molecule has 1 atom stereocenters. The van der Waals surface area contributed by atoms with E-state index in [1.54, 1.807) is 0 Å². The molecule has 2 aromatic rings. The van der Waals surface area contributed by atoms with Gasteiger partial charge < -0.3 is 24.9 Å². The van der Waals surface area contributed by atoms with E-state index >= 15 is 0 Å². The Labute approximate surface area is 228 Å². The number of hydrogen-bond donors (Lipinski definition) is 4. The Morgan fingerprint density at radius 3 is 2.56 bits per heavy atom. The highest BCUT2D eigenvalue weighted by atomic mass is 35.5. The Bertz CT molecular complexity index is 1710. The number of nitrogens with one attached hydrogen (secondary N) is 1. The van der Waals surface area contributed by atoms with Gasteiger partial charge in [0.15, 0.2) is 5.43 Å². The number of hydrogen-bond acceptors (Lipinski definition) is 8. The van der Waals surface area contributed by atoms with Gasteiger partial charge in [-0.2, -0.15) is 0 Å². The molecule has 12 heteroatoms. The van der Waals surface area contributed by atoms with Crippen molar-refractivity contribution in [3.63, 3.8) is 0 Å². The smallest absolute Gasteiger partial charge is 0.367 e. The highest BCUT2D eigenvalue weighted by molar-refractivity contribution is 7.86. The monoisotopic (exact) mass is 572 g/mol. The number of carbonyl (C=O) groups is 1. The second-order valence-electron chi connectivity index (χ2n) is 8.88. The van der Waals surface area contributed by atoms with Crippen molar-refractivity contribution < 1.29 is 37.4 Å². The van der Waals surface area contributed by atoms with Gasteiger partial charge in [-0.25, -0.2) is 13.4 Å². The third-order valence-electron chi connectivity index (χ3n) is 6.24. The van der Waals surface area contributed by atoms with Crippen LogP contribution < -0.4 is 16.2 Å². The number of aromatic hydroxyl groups is 1. The summed E-state index contributed by atoms with van der Waals surface area (Å²) in [5, 5.41) is 21.3. The molecular weight excluding hydrogens is 548 g/mol. The molecular formula is C27H25ClN2O8S. The summed E-state index contributed by atoms with van der Waals surface area (Å²) >= 11 is 5.73. The number of nitrogens with two attached hydrogens (primary N) is 1. The third kappa shape index (κ3) is 5.96. The lowest BCUT2D eigenvalue weighted by Gasteiger charge is -2.20. The number of aliphatic hydroxyl groups is 1. The Balaban J connectivity index is 2.02. The van der Waals surface area contributed by atoms with Gasteiger partial charge >= 0.3 is 5.90 Å². The van der Waals surface area contributed by atoms with Crippen LogP contribution in [-0.4, -0.2) is 53.3 Å². The number of benzene rings is 3. The van der Waals surface area contributed by atoms with Gasteiger partial charge in [0.2, 0.25) is 11.8 Å². The lowest BCUT2D eigenvalue weighted by Crippen LogP contribution is -2.82. The summed E-state index contributed by atoms with van der Waals surface area (Å²) in [7, 11) is -5.23. The molecule has 1 unspecified atom stereocenters. The first-order valence-corrected chi connectivity index (χ1v) is 13.9. The van der Waals surface area contributed by atoms with Crippen LogP contribution in [0.1, 0.15) is 24.8 Å². The van der Waals surface area contributed by atoms with Crippen molar-refractivity contribution in [3.8, 4) is 28.2 Å². The van der Waals surface area contributed by atoms with Crippen LogP contribution in [0.5, 0.6) is 5.75 Å². The van der Waals surface area contributed by atoms with Crippen LogP contribution in [0.15, 0.2) is 68.7 Å². The van der Waals surface area contributed by atoms with Gasteiger partial charge in [0.1, 0.15) is 32.8 Å². The topological polar surface area (TPSA) is 185 Å². The summed E-state index contributed by atoms with van der Waals surface area (Å²) in [4.78, 5) is 26.3. The molecule has 39 heavy (non-hydrogen) atoms. The molecule has 204 valence electrons. The molecule has 5 N–H and O–H groups in total. The van der Waals surface area contributed by atoms with Crippen molar-refractivity contribution in [2.45, 2.75) is 30.2 Å². The molecule has 0 fully saturated rings. The molecule has 0 radical (unpaired) electrons. The zero-order chi connectivity index (χ0) is 28.3. The number of fused-ring (bicyclic) bond motifs is 2. The van der Waals surface area contributed by atoms with Crippen molar-refractivity contribution in [1.29, 1.82) is 0 Å². The molecule has 0 spiro atoms. The number of aliphatic hydroxyl groups excluding tert-OH is 1. The number of ketones is 1. The van der Waals surface area contributed by atoms with E-state index in [9.17, 15) is 32.8 Å². The van der Waals surface area contributed by atoms with Crippen LogP contribution in [0.4, 0.5) is 0 Å². The number of unbranched alkanes of at least 4 members (excludes halogenated alkanes) is 1. The van der Waals surface area contributed by atoms with E-state index in [4.69, 9.17) is 21.8 Å². The van der Waals surface area contributed by atoms with E-state index in [0.29, 0.717) is 30.3 Å². The summed E-state index contributed by atoms with van der Waals surface area (Å²) in [6, 6.07) is 11.1. The van der Waals surface area contributed by atoms with Gasteiger partial charge in [-0.3, -0.25) is 9.59 Å². The summed E-state index contributed by atoms with van der Waals surface area (Å²) in [6.07, 6.45) is 1.42. The molecule has 0 saturated carbocycles. The average Bonchev–Trinajstić information content (AvgIpc) is 2.89. The number of phenols is 1. The van der Waals surface area contributed by atoms with E-state index in [1.807, 2.05) is 0 Å². The quantitative estimate of drug-likeness (QED) is 0.0549. The van der Waals surface area contributed by atoms with Gasteiger partial charge in [0.05, 0.1) is 10.8 Å². The van der Waals surface area contributed by atoms with Crippen LogP contribution in [0.3, 0.4) is 0 Å². The molecule has 2 aromatic carbocycles. The van der Waals surface area contributed by atoms with E-state index in [0.717, 1.165) is 0 Å². The molecule has 10 nitrogen and oxygen atoms in total. The highest BCUT2D eigenvalue weighted by Gasteiger charge is 2.29. The standard InChI is InChI=1S/C27H25ClN2O8S/c28-14-22(33)21(6-1-2-11-29)30-27(34)20-5-3-4-19(26(20)39(35,36)37)25-17-9-7-15(31)12-23(17)38-24-13-16(32)8-10-18(24)25/h3-5,7-10,12-13,21,31H,1-2,6,11,14,29H2,(H,30,34)(H,35,36,37). The van der Waals surface area contributed by atoms with Crippen molar-refractivity contribution in [1.82, 2.24) is 0 Å². The number of carbonyl (C=O) groups excluding carboxylic acids is 1.